The molecule has 3 rings (SSSR count). The lowest BCUT2D eigenvalue weighted by molar-refractivity contribution is 0.0246. The summed E-state index contributed by atoms with van der Waals surface area (Å²) < 4.78 is 10.9. The van der Waals surface area contributed by atoms with E-state index in [2.05, 4.69) is 15.5 Å². The Morgan fingerprint density at radius 1 is 1.47 bits per heavy atom. The van der Waals surface area contributed by atoms with Crippen molar-refractivity contribution in [2.24, 2.45) is 0 Å². The van der Waals surface area contributed by atoms with Crippen LogP contribution in [0.3, 0.4) is 0 Å². The van der Waals surface area contributed by atoms with Crippen LogP contribution in [-0.4, -0.2) is 41.7 Å². The molecule has 0 bridgehead atoms. The van der Waals surface area contributed by atoms with Gasteiger partial charge in [0, 0.05) is 13.1 Å². The summed E-state index contributed by atoms with van der Waals surface area (Å²) in [5, 5.41) is 7.82. The zero-order chi connectivity index (χ0) is 11.5. The van der Waals surface area contributed by atoms with Gasteiger partial charge in [0.05, 0.1) is 24.4 Å². The molecule has 0 amide bonds. The zero-order valence-electron chi connectivity index (χ0n) is 9.72. The van der Waals surface area contributed by atoms with Gasteiger partial charge in [-0.05, 0) is 18.6 Å². The molecule has 5 nitrogen and oxygen atoms in total. The van der Waals surface area contributed by atoms with Crippen molar-refractivity contribution in [3.63, 3.8) is 0 Å². The van der Waals surface area contributed by atoms with Crippen molar-refractivity contribution in [2.75, 3.05) is 25.4 Å². The Kier molecular flexibility index (Phi) is 3.63. The first-order valence-electron chi connectivity index (χ1n) is 6.18. The van der Waals surface area contributed by atoms with Crippen LogP contribution in [0.4, 0.5) is 0 Å². The van der Waals surface area contributed by atoms with Crippen LogP contribution in [0.15, 0.2) is 4.52 Å². The Morgan fingerprint density at radius 3 is 3.24 bits per heavy atom. The normalized spacial score (nSPS) is 29.6. The highest BCUT2D eigenvalue weighted by molar-refractivity contribution is 7.99. The molecule has 17 heavy (non-hydrogen) atoms. The molecule has 2 saturated heterocycles. The third-order valence-corrected chi connectivity index (χ3v) is 4.48. The first kappa shape index (κ1) is 11.5. The van der Waals surface area contributed by atoms with Crippen LogP contribution in [0.25, 0.3) is 0 Å². The van der Waals surface area contributed by atoms with Crippen molar-refractivity contribution >= 4 is 11.8 Å². The third-order valence-electron chi connectivity index (χ3n) is 3.11. The number of rotatable bonds is 3. The van der Waals surface area contributed by atoms with E-state index in [0.29, 0.717) is 11.1 Å². The minimum absolute atomic E-state index is 0.174. The molecule has 0 saturated carbocycles. The fourth-order valence-electron chi connectivity index (χ4n) is 2.21. The van der Waals surface area contributed by atoms with Crippen molar-refractivity contribution < 1.29 is 9.26 Å². The van der Waals surface area contributed by atoms with E-state index in [0.717, 1.165) is 31.9 Å². The SMILES string of the molecule is C1CSC(c2noc(CC3CNCCO3)n2)C1. The van der Waals surface area contributed by atoms with Gasteiger partial charge in [0.25, 0.3) is 0 Å². The molecule has 0 spiro atoms. The van der Waals surface area contributed by atoms with Crippen molar-refractivity contribution in [1.82, 2.24) is 15.5 Å². The molecule has 3 heterocycles. The summed E-state index contributed by atoms with van der Waals surface area (Å²) in [7, 11) is 0. The minimum atomic E-state index is 0.174. The monoisotopic (exact) mass is 255 g/mol. The maximum atomic E-state index is 5.62. The van der Waals surface area contributed by atoms with Crippen molar-refractivity contribution in [3.05, 3.63) is 11.7 Å². The summed E-state index contributed by atoms with van der Waals surface area (Å²) in [6.07, 6.45) is 3.32. The fourth-order valence-corrected chi connectivity index (χ4v) is 3.40. The van der Waals surface area contributed by atoms with E-state index in [4.69, 9.17) is 9.26 Å². The van der Waals surface area contributed by atoms with Gasteiger partial charge in [-0.15, -0.1) is 0 Å². The van der Waals surface area contributed by atoms with Gasteiger partial charge in [-0.3, -0.25) is 0 Å². The molecule has 2 aliphatic rings. The molecule has 2 atom stereocenters. The lowest BCUT2D eigenvalue weighted by Gasteiger charge is -2.21. The summed E-state index contributed by atoms with van der Waals surface area (Å²) in [5.41, 5.74) is 0. The van der Waals surface area contributed by atoms with E-state index in [1.807, 2.05) is 11.8 Å². The van der Waals surface area contributed by atoms with Gasteiger partial charge in [0.15, 0.2) is 5.82 Å². The van der Waals surface area contributed by atoms with E-state index in [1.54, 1.807) is 0 Å². The summed E-state index contributed by atoms with van der Waals surface area (Å²) in [6, 6.07) is 0. The van der Waals surface area contributed by atoms with Gasteiger partial charge in [0.2, 0.25) is 5.89 Å². The molecular formula is C11H17N3O2S. The van der Waals surface area contributed by atoms with Crippen LogP contribution in [0.5, 0.6) is 0 Å². The quantitative estimate of drug-likeness (QED) is 0.875. The van der Waals surface area contributed by atoms with Gasteiger partial charge >= 0.3 is 0 Å². The Morgan fingerprint density at radius 2 is 2.47 bits per heavy atom. The maximum absolute atomic E-state index is 5.62. The van der Waals surface area contributed by atoms with Gasteiger partial charge in [-0.25, -0.2) is 0 Å². The Labute approximate surface area is 105 Å². The summed E-state index contributed by atoms with van der Waals surface area (Å²) >= 11 is 1.93. The van der Waals surface area contributed by atoms with Gasteiger partial charge in [-0.2, -0.15) is 16.7 Å². The molecule has 94 valence electrons. The van der Waals surface area contributed by atoms with E-state index in [9.17, 15) is 0 Å². The average Bonchev–Trinajstić information content (AvgIpc) is 3.00. The van der Waals surface area contributed by atoms with Crippen LogP contribution in [0.2, 0.25) is 0 Å². The maximum Gasteiger partial charge on any atom is 0.229 e. The molecule has 1 N–H and O–H groups in total. The largest absolute Gasteiger partial charge is 0.375 e. The van der Waals surface area contributed by atoms with Crippen molar-refractivity contribution in [2.45, 2.75) is 30.6 Å². The number of nitrogens with one attached hydrogen (secondary N) is 1. The Hall–Kier alpha value is -0.590. The van der Waals surface area contributed by atoms with Gasteiger partial charge < -0.3 is 14.6 Å². The lowest BCUT2D eigenvalue weighted by Crippen LogP contribution is -2.39. The zero-order valence-corrected chi connectivity index (χ0v) is 10.5. The first-order chi connectivity index (χ1) is 8.42. The molecule has 6 heteroatoms. The number of thioether (sulfide) groups is 1. The molecule has 0 aliphatic carbocycles. The smallest absolute Gasteiger partial charge is 0.229 e. The number of hydrogen-bond acceptors (Lipinski definition) is 6. The number of nitrogens with zero attached hydrogens (tertiary/aromatic N) is 2. The number of morpholine rings is 1. The second-order valence-electron chi connectivity index (χ2n) is 4.45. The predicted molar refractivity (Wildman–Crippen MR) is 65.0 cm³/mol. The predicted octanol–water partition coefficient (Wildman–Crippen LogP) is 1.17. The lowest BCUT2D eigenvalue weighted by atomic mass is 10.2. The standard InChI is InChI=1S/C11H17N3O2S/c1-2-9(17-5-1)11-13-10(16-14-11)6-8-7-12-3-4-15-8/h8-9,12H,1-7H2. The van der Waals surface area contributed by atoms with Crippen LogP contribution >= 0.6 is 11.8 Å². The second-order valence-corrected chi connectivity index (χ2v) is 5.76. The molecular weight excluding hydrogens is 238 g/mol. The molecule has 1 aromatic rings. The second kappa shape index (κ2) is 5.37. The number of aromatic nitrogens is 2. The van der Waals surface area contributed by atoms with Crippen LogP contribution in [0, 0.1) is 0 Å². The molecule has 1 aromatic heterocycles. The van der Waals surface area contributed by atoms with Crippen LogP contribution in [-0.2, 0) is 11.2 Å². The van der Waals surface area contributed by atoms with Crippen molar-refractivity contribution in [1.29, 1.82) is 0 Å². The highest BCUT2D eigenvalue weighted by Crippen LogP contribution is 2.38. The van der Waals surface area contributed by atoms with Gasteiger partial charge in [0.1, 0.15) is 0 Å². The average molecular weight is 255 g/mol. The summed E-state index contributed by atoms with van der Waals surface area (Å²) in [5.74, 6) is 2.79. The van der Waals surface area contributed by atoms with E-state index < -0.39 is 0 Å². The van der Waals surface area contributed by atoms with E-state index in [1.165, 1.54) is 18.6 Å². The van der Waals surface area contributed by atoms with Crippen molar-refractivity contribution in [3.8, 4) is 0 Å². The summed E-state index contributed by atoms with van der Waals surface area (Å²) in [4.78, 5) is 4.48. The third kappa shape index (κ3) is 2.81. The van der Waals surface area contributed by atoms with Crippen LogP contribution < -0.4 is 5.32 Å². The fraction of sp³-hybridized carbons (Fsp3) is 0.818. The van der Waals surface area contributed by atoms with Crippen LogP contribution in [0.1, 0.15) is 29.8 Å². The molecule has 0 radical (unpaired) electrons. The first-order valence-corrected chi connectivity index (χ1v) is 7.23. The number of hydrogen-bond donors (Lipinski definition) is 1. The highest BCUT2D eigenvalue weighted by Gasteiger charge is 2.24. The summed E-state index contributed by atoms with van der Waals surface area (Å²) in [6.45, 7) is 2.57. The topological polar surface area (TPSA) is 60.2 Å². The van der Waals surface area contributed by atoms with E-state index in [-0.39, 0.29) is 6.10 Å². The molecule has 0 aromatic carbocycles. The molecule has 2 unspecified atom stereocenters. The Bertz CT molecular complexity index is 359. The van der Waals surface area contributed by atoms with E-state index >= 15 is 0 Å². The highest BCUT2D eigenvalue weighted by atomic mass is 32.2. The molecule has 2 aliphatic heterocycles. The van der Waals surface area contributed by atoms with Gasteiger partial charge in [-0.1, -0.05) is 5.16 Å². The molecule has 2 fully saturated rings. The Balaban J connectivity index is 1.59. The number of ether oxygens (including phenoxy) is 1. The minimum Gasteiger partial charge on any atom is -0.375 e.